The Morgan fingerprint density at radius 2 is 1.92 bits per heavy atom. The van der Waals surface area contributed by atoms with E-state index in [1.807, 2.05) is 25.4 Å². The monoisotopic (exact) mass is 519 g/mol. The molecule has 1 aromatic carbocycles. The zero-order valence-corrected chi connectivity index (χ0v) is 21.0. The van der Waals surface area contributed by atoms with E-state index in [1.165, 1.54) is 29.0 Å². The van der Waals surface area contributed by atoms with Gasteiger partial charge >= 0.3 is 0 Å². The number of amides is 1. The van der Waals surface area contributed by atoms with Crippen molar-refractivity contribution in [3.63, 3.8) is 0 Å². The number of rotatable bonds is 8. The fraction of sp³-hybridized carbons (Fsp3) is 0.192. The van der Waals surface area contributed by atoms with Gasteiger partial charge in [0.05, 0.1) is 51.8 Å². The molecule has 3 aromatic heterocycles. The summed E-state index contributed by atoms with van der Waals surface area (Å²) in [5.74, 6) is 0.485. The number of pyridine rings is 2. The third-order valence-corrected chi connectivity index (χ3v) is 6.54. The van der Waals surface area contributed by atoms with Gasteiger partial charge in [-0.15, -0.1) is 11.4 Å². The van der Waals surface area contributed by atoms with Crippen molar-refractivity contribution in [3.8, 4) is 16.9 Å². The Bertz CT molecular complexity index is 1450. The molecule has 182 valence electrons. The van der Waals surface area contributed by atoms with Crippen LogP contribution in [0.15, 0.2) is 61.8 Å². The second-order valence-electron chi connectivity index (χ2n) is 8.54. The van der Waals surface area contributed by atoms with E-state index in [2.05, 4.69) is 37.4 Å². The molecule has 10 heteroatoms. The fourth-order valence-corrected chi connectivity index (χ4v) is 4.58. The number of hydrogen-bond acceptors (Lipinski definition) is 6. The molecular weight excluding hydrogens is 497 g/mol. The second-order valence-corrected chi connectivity index (χ2v) is 9.36. The van der Waals surface area contributed by atoms with Crippen molar-refractivity contribution in [3.05, 3.63) is 88.6 Å². The van der Waals surface area contributed by atoms with E-state index < -0.39 is 0 Å². The molecule has 0 bridgehead atoms. The van der Waals surface area contributed by atoms with Crippen LogP contribution in [0.3, 0.4) is 0 Å². The number of carbonyl (C=O) groups is 1. The molecule has 1 saturated carbocycles. The second kappa shape index (κ2) is 10.1. The minimum atomic E-state index is -0.361. The van der Waals surface area contributed by atoms with Crippen LogP contribution in [0.2, 0.25) is 10.0 Å². The predicted molar refractivity (Wildman–Crippen MR) is 142 cm³/mol. The largest absolute Gasteiger partial charge is 0.380 e. The number of anilines is 2. The molecule has 5 rings (SSSR count). The Balaban J connectivity index is 1.45. The average Bonchev–Trinajstić information content (AvgIpc) is 3.57. The van der Waals surface area contributed by atoms with Crippen molar-refractivity contribution >= 4 is 40.5 Å². The Morgan fingerprint density at radius 3 is 2.61 bits per heavy atom. The summed E-state index contributed by atoms with van der Waals surface area (Å²) < 4.78 is 0. The Labute approximate surface area is 218 Å². The third kappa shape index (κ3) is 4.82. The van der Waals surface area contributed by atoms with Crippen LogP contribution in [0.5, 0.6) is 0 Å². The molecule has 2 N–H and O–H groups in total. The number of nitrogens with zero attached hydrogens (tertiary/aromatic N) is 5. The molecule has 1 aliphatic carbocycles. The van der Waals surface area contributed by atoms with Crippen molar-refractivity contribution < 1.29 is 4.79 Å². The van der Waals surface area contributed by atoms with Crippen LogP contribution < -0.4 is 10.6 Å². The molecule has 1 aliphatic rings. The van der Waals surface area contributed by atoms with Gasteiger partial charge in [0.25, 0.3) is 5.91 Å². The highest BCUT2D eigenvalue weighted by molar-refractivity contribution is 6.35. The van der Waals surface area contributed by atoms with Crippen LogP contribution in [0, 0.1) is 6.92 Å². The molecule has 0 aliphatic heterocycles. The topological polar surface area (TPSA) is 97.6 Å². The fourth-order valence-electron chi connectivity index (χ4n) is 4.09. The van der Waals surface area contributed by atoms with Crippen molar-refractivity contribution in [2.45, 2.75) is 25.7 Å². The quantitative estimate of drug-likeness (QED) is 0.274. The lowest BCUT2D eigenvalue weighted by Gasteiger charge is -2.18. The summed E-state index contributed by atoms with van der Waals surface area (Å²) in [6, 6.07) is 5.25. The van der Waals surface area contributed by atoms with E-state index in [-0.39, 0.29) is 5.91 Å². The molecule has 0 saturated heterocycles. The number of aromatic nitrogens is 5. The average molecular weight is 520 g/mol. The third-order valence-electron chi connectivity index (χ3n) is 5.95. The van der Waals surface area contributed by atoms with E-state index in [1.54, 1.807) is 18.2 Å². The first-order chi connectivity index (χ1) is 17.5. The number of nitrogens with one attached hydrogen (secondary N) is 2. The van der Waals surface area contributed by atoms with E-state index in [9.17, 15) is 4.79 Å². The molecule has 4 aromatic rings. The lowest BCUT2D eigenvalue weighted by Crippen LogP contribution is -2.14. The SMILES string of the molecule is C=CCNc1cncc(C2CC2)c1-c1cc(Cl)c(C(=O)Nc2cnc(-n3nccn3)c(Cl)c2)cc1C. The number of carbonyl (C=O) groups excluding carboxylic acids is 1. The maximum atomic E-state index is 13.1. The van der Waals surface area contributed by atoms with Gasteiger partial charge in [-0.3, -0.25) is 9.78 Å². The van der Waals surface area contributed by atoms with E-state index in [4.69, 9.17) is 23.2 Å². The zero-order chi connectivity index (χ0) is 25.2. The molecule has 0 atom stereocenters. The van der Waals surface area contributed by atoms with Crippen molar-refractivity contribution in [1.82, 2.24) is 25.0 Å². The van der Waals surface area contributed by atoms with Crippen molar-refractivity contribution in [1.29, 1.82) is 0 Å². The zero-order valence-electron chi connectivity index (χ0n) is 19.5. The summed E-state index contributed by atoms with van der Waals surface area (Å²) in [6.07, 6.45) is 12.4. The van der Waals surface area contributed by atoms with Gasteiger partial charge in [-0.25, -0.2) is 4.98 Å². The van der Waals surface area contributed by atoms with Gasteiger partial charge in [-0.2, -0.15) is 10.2 Å². The minimum Gasteiger partial charge on any atom is -0.380 e. The van der Waals surface area contributed by atoms with Gasteiger partial charge in [0.15, 0.2) is 5.82 Å². The summed E-state index contributed by atoms with van der Waals surface area (Å²) in [6.45, 7) is 6.39. The number of aryl methyl sites for hydroxylation is 1. The lowest BCUT2D eigenvalue weighted by atomic mass is 9.92. The van der Waals surface area contributed by atoms with Gasteiger partial charge < -0.3 is 10.6 Å². The molecule has 1 amide bonds. The van der Waals surface area contributed by atoms with E-state index >= 15 is 0 Å². The predicted octanol–water partition coefficient (Wildman–Crippen LogP) is 6.07. The van der Waals surface area contributed by atoms with Gasteiger partial charge in [-0.05, 0) is 60.6 Å². The van der Waals surface area contributed by atoms with Gasteiger partial charge in [0.1, 0.15) is 0 Å². The van der Waals surface area contributed by atoms with E-state index in [0.717, 1.165) is 35.2 Å². The molecule has 8 nitrogen and oxygen atoms in total. The highest BCUT2D eigenvalue weighted by atomic mass is 35.5. The maximum absolute atomic E-state index is 13.1. The first-order valence-electron chi connectivity index (χ1n) is 11.4. The van der Waals surface area contributed by atoms with E-state index in [0.29, 0.717) is 39.6 Å². The summed E-state index contributed by atoms with van der Waals surface area (Å²) in [5, 5.41) is 14.9. The van der Waals surface area contributed by atoms with Crippen LogP contribution in [-0.4, -0.2) is 37.4 Å². The molecule has 36 heavy (non-hydrogen) atoms. The molecule has 1 fully saturated rings. The van der Waals surface area contributed by atoms with Crippen LogP contribution in [0.25, 0.3) is 16.9 Å². The first kappa shape index (κ1) is 24.0. The van der Waals surface area contributed by atoms with Crippen molar-refractivity contribution in [2.24, 2.45) is 0 Å². The normalized spacial score (nSPS) is 12.9. The first-order valence-corrected chi connectivity index (χ1v) is 12.2. The highest BCUT2D eigenvalue weighted by Crippen LogP contribution is 2.47. The minimum absolute atomic E-state index is 0.298. The van der Waals surface area contributed by atoms with Crippen LogP contribution in [0.1, 0.15) is 40.2 Å². The van der Waals surface area contributed by atoms with Crippen molar-refractivity contribution in [2.75, 3.05) is 17.2 Å². The van der Waals surface area contributed by atoms with Crippen LogP contribution in [-0.2, 0) is 0 Å². The molecule has 0 radical (unpaired) electrons. The number of benzene rings is 1. The highest BCUT2D eigenvalue weighted by Gasteiger charge is 2.29. The van der Waals surface area contributed by atoms with Gasteiger partial charge in [0, 0.05) is 18.3 Å². The Hall–Kier alpha value is -3.75. The Morgan fingerprint density at radius 1 is 1.14 bits per heavy atom. The number of hydrogen-bond donors (Lipinski definition) is 2. The molecular formula is C26H23Cl2N7O. The Kier molecular flexibility index (Phi) is 6.71. The van der Waals surface area contributed by atoms with Crippen LogP contribution >= 0.6 is 23.2 Å². The summed E-state index contributed by atoms with van der Waals surface area (Å²) >= 11 is 13.0. The molecule has 0 spiro atoms. The molecule has 3 heterocycles. The summed E-state index contributed by atoms with van der Waals surface area (Å²) in [5.41, 5.74) is 5.86. The van der Waals surface area contributed by atoms with Gasteiger partial charge in [-0.1, -0.05) is 29.3 Å². The van der Waals surface area contributed by atoms with Crippen LogP contribution in [0.4, 0.5) is 11.4 Å². The maximum Gasteiger partial charge on any atom is 0.257 e. The molecule has 0 unspecified atom stereocenters. The summed E-state index contributed by atoms with van der Waals surface area (Å²) in [7, 11) is 0. The standard InChI is InChI=1S/C26H23Cl2N7O/c1-3-6-30-23-14-29-13-20(16-4-5-16)24(23)18-11-21(27)19(9-15(18)2)26(36)34-17-10-22(28)25(31-12-17)35-32-7-8-33-35/h3,7-14,16,30H,1,4-6H2,2H3,(H,34,36). The number of halogens is 2. The summed E-state index contributed by atoms with van der Waals surface area (Å²) in [4.78, 5) is 23.1. The lowest BCUT2D eigenvalue weighted by molar-refractivity contribution is 0.102. The smallest absolute Gasteiger partial charge is 0.257 e. The van der Waals surface area contributed by atoms with Gasteiger partial charge in [0.2, 0.25) is 0 Å².